The van der Waals surface area contributed by atoms with Gasteiger partial charge in [-0.15, -0.1) is 0 Å². The second-order valence-corrected chi connectivity index (χ2v) is 50.8. The van der Waals surface area contributed by atoms with Gasteiger partial charge in [-0.25, -0.2) is 0 Å². The zero-order chi connectivity index (χ0) is 28.4. The maximum atomic E-state index is 8.47. The van der Waals surface area contributed by atoms with Crippen molar-refractivity contribution in [1.29, 1.82) is 0 Å². The van der Waals surface area contributed by atoms with Crippen molar-refractivity contribution in [1.82, 2.24) is 0 Å². The SMILES string of the molecule is CC1=Cc2c(-c3ccccc3)ccc(C)c2[CH]1[Zr]([Cl])([Cl])([CH]1C(C)=Cc2c(-c3ccccc3)ccc(C)c21)=[Si](C)C. The molecular formula is C36H36Cl2SiZr. The van der Waals surface area contributed by atoms with E-state index in [0.717, 1.165) is 0 Å². The summed E-state index contributed by atoms with van der Waals surface area (Å²) in [5.41, 5.74) is 14.6. The van der Waals surface area contributed by atoms with Crippen LogP contribution in [0, 0.1) is 13.8 Å². The van der Waals surface area contributed by atoms with Crippen LogP contribution in [0.1, 0.15) is 54.5 Å². The van der Waals surface area contributed by atoms with Gasteiger partial charge in [0.05, 0.1) is 0 Å². The van der Waals surface area contributed by atoms with Crippen LogP contribution < -0.4 is 0 Å². The van der Waals surface area contributed by atoms with Gasteiger partial charge < -0.3 is 0 Å². The van der Waals surface area contributed by atoms with Gasteiger partial charge in [-0.2, -0.15) is 0 Å². The van der Waals surface area contributed by atoms with Crippen molar-refractivity contribution in [2.75, 3.05) is 0 Å². The van der Waals surface area contributed by atoms with Crippen molar-refractivity contribution < 1.29 is 15.0 Å². The number of allylic oxidation sites excluding steroid dienone is 2. The minimum absolute atomic E-state index is 0.0893. The average Bonchev–Trinajstić information content (AvgIpc) is 3.49. The molecule has 202 valence electrons. The molecule has 0 saturated heterocycles. The summed E-state index contributed by atoms with van der Waals surface area (Å²) in [4.78, 5) is 0. The monoisotopic (exact) mass is 656 g/mol. The molecule has 40 heavy (non-hydrogen) atoms. The standard InChI is InChI=1S/2C17H15.C2H6Si.2ClH.Zr/c2*1-12-10-16-13(2)8-9-15(17(16)11-12)14-6-4-3-5-7-14;1-3-2;;;/h2*3-11H,1-2H3;1-2H3;2*1H;/q;;;;;+2/p-2. The summed E-state index contributed by atoms with van der Waals surface area (Å²) in [7, 11) is 16.9. The van der Waals surface area contributed by atoms with E-state index in [0.29, 0.717) is 0 Å². The Labute approximate surface area is 247 Å². The fourth-order valence-electron chi connectivity index (χ4n) is 7.49. The van der Waals surface area contributed by atoms with Gasteiger partial charge in [-0.3, -0.25) is 0 Å². The number of benzene rings is 4. The summed E-state index contributed by atoms with van der Waals surface area (Å²) in [6, 6.07) is 30.6. The molecule has 6 rings (SSSR count). The Morgan fingerprint density at radius 1 is 0.550 bits per heavy atom. The predicted molar refractivity (Wildman–Crippen MR) is 175 cm³/mol. The summed E-state index contributed by atoms with van der Waals surface area (Å²) < 4.78 is 0.179. The molecule has 0 radical (unpaired) electrons. The molecule has 0 aliphatic heterocycles. The van der Waals surface area contributed by atoms with Gasteiger partial charge in [0.15, 0.2) is 0 Å². The Balaban J connectivity index is 1.63. The molecule has 0 bridgehead atoms. The average molecular weight is 659 g/mol. The van der Waals surface area contributed by atoms with E-state index in [4.69, 9.17) is 17.0 Å². The molecule has 0 N–H and O–H groups in total. The van der Waals surface area contributed by atoms with Gasteiger partial charge in [-0.05, 0) is 0 Å². The molecule has 2 unspecified atom stereocenters. The van der Waals surface area contributed by atoms with E-state index in [1.807, 2.05) is 0 Å². The summed E-state index contributed by atoms with van der Waals surface area (Å²) in [6.45, 7) is 13.8. The summed E-state index contributed by atoms with van der Waals surface area (Å²) in [5, 5.41) is 0. The Kier molecular flexibility index (Phi) is 7.11. The zero-order valence-corrected chi connectivity index (χ0v) is 29.1. The molecule has 0 spiro atoms. The molecule has 0 aromatic heterocycles. The van der Waals surface area contributed by atoms with Crippen LogP contribution >= 0.6 is 17.0 Å². The van der Waals surface area contributed by atoms with Crippen LogP contribution in [0.5, 0.6) is 0 Å². The van der Waals surface area contributed by atoms with E-state index in [-0.39, 0.29) is 7.25 Å². The minimum atomic E-state index is -4.76. The number of aryl methyl sites for hydroxylation is 2. The molecule has 4 aromatic rings. The molecule has 0 fully saturated rings. The Morgan fingerprint density at radius 2 is 0.925 bits per heavy atom. The van der Waals surface area contributed by atoms with Crippen molar-refractivity contribution >= 4 is 34.6 Å². The molecule has 0 saturated carbocycles. The van der Waals surface area contributed by atoms with Gasteiger partial charge in [0.2, 0.25) is 0 Å². The molecule has 2 aliphatic rings. The maximum absolute atomic E-state index is 8.47. The van der Waals surface area contributed by atoms with Crippen LogP contribution in [0.15, 0.2) is 96.1 Å². The van der Waals surface area contributed by atoms with Gasteiger partial charge in [0.1, 0.15) is 0 Å². The number of rotatable bonds is 4. The van der Waals surface area contributed by atoms with Crippen LogP contribution in [0.3, 0.4) is 0 Å². The fourth-order valence-corrected chi connectivity index (χ4v) is 38.0. The number of fused-ring (bicyclic) bond motifs is 2. The molecule has 0 amide bonds. The molecule has 0 nitrogen and oxygen atoms in total. The van der Waals surface area contributed by atoms with Gasteiger partial charge in [-0.1, -0.05) is 0 Å². The first-order valence-electron chi connectivity index (χ1n) is 14.2. The van der Waals surface area contributed by atoms with Gasteiger partial charge >= 0.3 is 249 Å². The Bertz CT molecular complexity index is 1680. The van der Waals surface area contributed by atoms with Crippen LogP contribution in [-0.4, -0.2) is 5.43 Å². The second-order valence-electron chi connectivity index (χ2n) is 12.0. The molecule has 4 aromatic carbocycles. The third-order valence-electron chi connectivity index (χ3n) is 9.43. The first-order valence-corrected chi connectivity index (χ1v) is 29.5. The quantitative estimate of drug-likeness (QED) is 0.191. The molecular weight excluding hydrogens is 623 g/mol. The molecule has 2 atom stereocenters. The summed E-state index contributed by atoms with van der Waals surface area (Å²) in [6.07, 6.45) is 4.81. The third-order valence-corrected chi connectivity index (χ3v) is 56.3. The Hall–Kier alpha value is -1.96. The van der Waals surface area contributed by atoms with E-state index < -0.39 is 20.4 Å². The third kappa shape index (κ3) is 4.09. The van der Waals surface area contributed by atoms with Crippen LogP contribution in [-0.2, 0) is 15.0 Å². The number of halogens is 2. The zero-order valence-electron chi connectivity index (χ0n) is 24.1. The number of hydrogen-bond donors (Lipinski definition) is 0. The van der Waals surface area contributed by atoms with Crippen LogP contribution in [0.4, 0.5) is 0 Å². The van der Waals surface area contributed by atoms with Crippen LogP contribution in [0.2, 0.25) is 13.1 Å². The van der Waals surface area contributed by atoms with Crippen LogP contribution in [0.25, 0.3) is 34.4 Å². The normalized spacial score (nSPS) is 18.2. The van der Waals surface area contributed by atoms with E-state index in [1.54, 1.807) is 0 Å². The van der Waals surface area contributed by atoms with E-state index in [1.165, 1.54) is 66.8 Å². The van der Waals surface area contributed by atoms with Crippen molar-refractivity contribution in [3.8, 4) is 22.3 Å². The van der Waals surface area contributed by atoms with E-state index in [9.17, 15) is 0 Å². The van der Waals surface area contributed by atoms with Crippen molar-refractivity contribution in [3.63, 3.8) is 0 Å². The van der Waals surface area contributed by atoms with Crippen molar-refractivity contribution in [3.05, 3.63) is 129 Å². The second kappa shape index (κ2) is 10.1. The van der Waals surface area contributed by atoms with E-state index >= 15 is 0 Å². The predicted octanol–water partition coefficient (Wildman–Crippen LogP) is 11.5. The summed E-state index contributed by atoms with van der Waals surface area (Å²) in [5.74, 6) is 0. The van der Waals surface area contributed by atoms with Gasteiger partial charge in [0.25, 0.3) is 0 Å². The fraction of sp³-hybridized carbons (Fsp3) is 0.222. The summed E-state index contributed by atoms with van der Waals surface area (Å²) >= 11 is -4.76. The van der Waals surface area contributed by atoms with Crippen molar-refractivity contribution in [2.45, 2.75) is 48.0 Å². The molecule has 4 heteroatoms. The molecule has 0 heterocycles. The van der Waals surface area contributed by atoms with Crippen molar-refractivity contribution in [2.24, 2.45) is 0 Å². The van der Waals surface area contributed by atoms with E-state index in [2.05, 4.69) is 138 Å². The topological polar surface area (TPSA) is 0 Å². The first-order chi connectivity index (χ1) is 19.0. The first kappa shape index (κ1) is 28.2. The number of hydrogen-bond acceptors (Lipinski definition) is 0. The Morgan fingerprint density at radius 3 is 1.27 bits per heavy atom. The van der Waals surface area contributed by atoms with Gasteiger partial charge in [0, 0.05) is 0 Å². The molecule has 2 aliphatic carbocycles.